The lowest BCUT2D eigenvalue weighted by molar-refractivity contribution is 0.748. The molecule has 0 amide bonds. The molecule has 1 aromatic heterocycles. The van der Waals surface area contributed by atoms with Crippen molar-refractivity contribution in [2.24, 2.45) is 0 Å². The Hall–Kier alpha value is -9.76. The van der Waals surface area contributed by atoms with Gasteiger partial charge in [0.25, 0.3) is 0 Å². The zero-order valence-corrected chi connectivity index (χ0v) is 41.6. The first kappa shape index (κ1) is 42.7. The fraction of sp³-hybridized carbons (Fsp3) is 0.0270. The zero-order valence-electron chi connectivity index (χ0n) is 41.6. The Bertz CT molecular complexity index is 4350. The summed E-state index contributed by atoms with van der Waals surface area (Å²) in [6, 6.07) is 109. The van der Waals surface area contributed by atoms with Gasteiger partial charge >= 0.3 is 0 Å². The van der Waals surface area contributed by atoms with Gasteiger partial charge in [0, 0.05) is 27.8 Å². The number of rotatable bonds is 7. The molecule has 0 N–H and O–H groups in total. The minimum atomic E-state index is -0.526. The fourth-order valence-electron chi connectivity index (χ4n) is 14.0. The Morgan fingerprint density at radius 1 is 0.263 bits per heavy atom. The highest BCUT2D eigenvalue weighted by Crippen LogP contribution is 2.62. The van der Waals surface area contributed by atoms with E-state index >= 15 is 0 Å². The van der Waals surface area contributed by atoms with Crippen molar-refractivity contribution >= 4 is 38.9 Å². The molecule has 76 heavy (non-hydrogen) atoms. The topological polar surface area (TPSA) is 8.17 Å². The van der Waals surface area contributed by atoms with Crippen LogP contribution in [0.25, 0.3) is 72.0 Å². The minimum absolute atomic E-state index is 0.485. The van der Waals surface area contributed by atoms with Crippen LogP contribution in [0.1, 0.15) is 44.5 Å². The number of nitrogens with zero attached hydrogens (tertiary/aromatic N) is 2. The molecule has 1 aliphatic heterocycles. The van der Waals surface area contributed by atoms with Crippen molar-refractivity contribution in [3.63, 3.8) is 0 Å². The molecule has 0 saturated carbocycles. The largest absolute Gasteiger partial charge is 0.310 e. The van der Waals surface area contributed by atoms with E-state index in [1.54, 1.807) is 0 Å². The Morgan fingerprint density at radius 2 is 0.711 bits per heavy atom. The molecule has 0 atom stereocenters. The number of aromatic nitrogens is 1. The van der Waals surface area contributed by atoms with Gasteiger partial charge in [-0.3, -0.25) is 0 Å². The maximum atomic E-state index is 2.56. The van der Waals surface area contributed by atoms with E-state index in [2.05, 4.69) is 301 Å². The Labute approximate surface area is 442 Å². The molecule has 2 aliphatic carbocycles. The maximum Gasteiger partial charge on any atom is 0.0754 e. The van der Waals surface area contributed by atoms with Crippen LogP contribution < -0.4 is 4.90 Å². The predicted molar refractivity (Wildman–Crippen MR) is 315 cm³/mol. The lowest BCUT2D eigenvalue weighted by Crippen LogP contribution is -2.33. The van der Waals surface area contributed by atoms with Crippen LogP contribution in [0.4, 0.5) is 17.1 Å². The number of anilines is 3. The van der Waals surface area contributed by atoms with Crippen LogP contribution in [0.2, 0.25) is 0 Å². The number of hydrogen-bond acceptors (Lipinski definition) is 1. The summed E-state index contributed by atoms with van der Waals surface area (Å²) in [6.45, 7) is 0. The van der Waals surface area contributed by atoms with E-state index in [9.17, 15) is 0 Å². The molecule has 3 aliphatic rings. The molecule has 2 heterocycles. The van der Waals surface area contributed by atoms with E-state index in [4.69, 9.17) is 0 Å². The van der Waals surface area contributed by atoms with Gasteiger partial charge in [0.05, 0.1) is 27.6 Å². The second-order valence-corrected chi connectivity index (χ2v) is 20.7. The molecule has 12 aromatic carbocycles. The first-order valence-electron chi connectivity index (χ1n) is 26.5. The number of para-hydroxylation sites is 2. The van der Waals surface area contributed by atoms with Crippen molar-refractivity contribution in [2.75, 3.05) is 4.90 Å². The molecule has 1 spiro atoms. The van der Waals surface area contributed by atoms with Crippen LogP contribution >= 0.6 is 0 Å². The highest BCUT2D eigenvalue weighted by molar-refractivity contribution is 6.13. The number of hydrogen-bond donors (Lipinski definition) is 0. The Kier molecular flexibility index (Phi) is 9.20. The summed E-state index contributed by atoms with van der Waals surface area (Å²) < 4.78 is 2.56. The van der Waals surface area contributed by atoms with Gasteiger partial charge in [0.1, 0.15) is 0 Å². The number of benzene rings is 12. The molecule has 0 fully saturated rings. The van der Waals surface area contributed by atoms with Crippen molar-refractivity contribution in [1.29, 1.82) is 0 Å². The molecular formula is C74H48N2. The zero-order chi connectivity index (χ0) is 50.0. The van der Waals surface area contributed by atoms with Crippen LogP contribution in [-0.4, -0.2) is 4.57 Å². The SMILES string of the molecule is c1ccc(-c2ccc(N(c3ccc(-c4ccc5c(c4)-n4c6ccccc6c6cccc(c64)C54c5ccccc5-c5ccccc54)cc3)c3ccc4c(c3)C(c3ccccc3)(c3ccccc3)c3ccccc3-4)cc2)cc1. The van der Waals surface area contributed by atoms with Crippen molar-refractivity contribution in [3.05, 3.63) is 336 Å². The highest BCUT2D eigenvalue weighted by Gasteiger charge is 2.51. The van der Waals surface area contributed by atoms with E-state index in [1.165, 1.54) is 111 Å². The summed E-state index contributed by atoms with van der Waals surface area (Å²) in [6.07, 6.45) is 0. The van der Waals surface area contributed by atoms with Crippen LogP contribution in [0, 0.1) is 0 Å². The summed E-state index contributed by atoms with van der Waals surface area (Å²) in [4.78, 5) is 2.44. The molecule has 0 bridgehead atoms. The summed E-state index contributed by atoms with van der Waals surface area (Å²) in [5.41, 5.74) is 26.3. The third-order valence-electron chi connectivity index (χ3n) is 17.1. The lowest BCUT2D eigenvalue weighted by Gasteiger charge is -2.39. The average molecular weight is 965 g/mol. The van der Waals surface area contributed by atoms with Crippen molar-refractivity contribution < 1.29 is 0 Å². The van der Waals surface area contributed by atoms with Crippen LogP contribution in [0.5, 0.6) is 0 Å². The van der Waals surface area contributed by atoms with Gasteiger partial charge in [-0.15, -0.1) is 0 Å². The molecule has 2 nitrogen and oxygen atoms in total. The van der Waals surface area contributed by atoms with Crippen molar-refractivity contribution in [3.8, 4) is 50.2 Å². The first-order valence-corrected chi connectivity index (χ1v) is 26.5. The average Bonchev–Trinajstić information content (AvgIpc) is 4.27. The van der Waals surface area contributed by atoms with Gasteiger partial charge in [0.15, 0.2) is 0 Å². The van der Waals surface area contributed by atoms with E-state index in [-0.39, 0.29) is 0 Å². The summed E-state index contributed by atoms with van der Waals surface area (Å²) in [7, 11) is 0. The van der Waals surface area contributed by atoms with Gasteiger partial charge in [0.2, 0.25) is 0 Å². The molecule has 354 valence electrons. The quantitative estimate of drug-likeness (QED) is 0.155. The van der Waals surface area contributed by atoms with Gasteiger partial charge < -0.3 is 9.47 Å². The summed E-state index contributed by atoms with van der Waals surface area (Å²) in [5, 5.41) is 2.56. The van der Waals surface area contributed by atoms with Crippen molar-refractivity contribution in [1.82, 2.24) is 4.57 Å². The second-order valence-electron chi connectivity index (χ2n) is 20.7. The lowest BCUT2D eigenvalue weighted by atomic mass is 9.65. The number of fused-ring (bicyclic) bond motifs is 15. The summed E-state index contributed by atoms with van der Waals surface area (Å²) >= 11 is 0. The fourth-order valence-corrected chi connectivity index (χ4v) is 14.0. The monoisotopic (exact) mass is 964 g/mol. The van der Waals surface area contributed by atoms with Crippen LogP contribution in [0.3, 0.4) is 0 Å². The third-order valence-corrected chi connectivity index (χ3v) is 17.1. The minimum Gasteiger partial charge on any atom is -0.310 e. The normalized spacial score (nSPS) is 13.7. The maximum absolute atomic E-state index is 2.56. The van der Waals surface area contributed by atoms with E-state index in [0.29, 0.717) is 0 Å². The molecule has 13 aromatic rings. The highest BCUT2D eigenvalue weighted by atomic mass is 15.1. The third kappa shape index (κ3) is 5.81. The first-order chi connectivity index (χ1) is 37.7. The smallest absolute Gasteiger partial charge is 0.0754 e. The van der Waals surface area contributed by atoms with Crippen LogP contribution in [-0.2, 0) is 10.8 Å². The van der Waals surface area contributed by atoms with E-state index < -0.39 is 10.8 Å². The standard InChI is InChI=1S/C74H48N2/c1-4-19-49(20-5-1)50-35-40-55(41-36-50)75(57-44-45-61-60-27-10-14-30-64(60)73(69(61)48-57,53-21-6-2-7-22-53)54-23-8-3-9-24-54)56-42-37-51(38-43-56)52-39-46-67-71(47-52)76-70-34-17-13-28-62(70)63-29-18-33-68(72(63)76)74(67)65-31-15-11-25-58(65)59-26-12-16-32-66(59)74/h1-48H. The van der Waals surface area contributed by atoms with E-state index in [1.807, 2.05) is 0 Å². The van der Waals surface area contributed by atoms with Gasteiger partial charge in [-0.25, -0.2) is 0 Å². The molecule has 0 unspecified atom stereocenters. The van der Waals surface area contributed by atoms with Crippen LogP contribution in [0.15, 0.2) is 291 Å². The Balaban J connectivity index is 0.880. The van der Waals surface area contributed by atoms with Gasteiger partial charge in [-0.1, -0.05) is 243 Å². The molecule has 16 rings (SSSR count). The second kappa shape index (κ2) is 16.4. The van der Waals surface area contributed by atoms with Gasteiger partial charge in [-0.2, -0.15) is 0 Å². The molecule has 0 radical (unpaired) electrons. The molecule has 0 saturated heterocycles. The van der Waals surface area contributed by atoms with Gasteiger partial charge in [-0.05, 0) is 138 Å². The summed E-state index contributed by atoms with van der Waals surface area (Å²) in [5.74, 6) is 0. The molecular weight excluding hydrogens is 917 g/mol. The Morgan fingerprint density at radius 3 is 1.33 bits per heavy atom. The van der Waals surface area contributed by atoms with Crippen molar-refractivity contribution in [2.45, 2.75) is 10.8 Å². The van der Waals surface area contributed by atoms with E-state index in [0.717, 1.165) is 22.6 Å². The molecule has 2 heteroatoms. The predicted octanol–water partition coefficient (Wildman–Crippen LogP) is 18.6.